The highest BCUT2D eigenvalue weighted by Crippen LogP contribution is 2.02. The van der Waals surface area contributed by atoms with Crippen LogP contribution >= 0.6 is 0 Å². The van der Waals surface area contributed by atoms with Crippen molar-refractivity contribution in [3.63, 3.8) is 0 Å². The third-order valence-electron chi connectivity index (χ3n) is 2.29. The molecule has 1 aliphatic heterocycles. The second-order valence-corrected chi connectivity index (χ2v) is 9.79. The molecule has 90 valence electrons. The van der Waals surface area contributed by atoms with Crippen molar-refractivity contribution in [3.05, 3.63) is 0 Å². The topological polar surface area (TPSA) is 29.5 Å². The van der Waals surface area contributed by atoms with Gasteiger partial charge in [-0.2, -0.15) is 0 Å². The molecule has 0 N–H and O–H groups in total. The van der Waals surface area contributed by atoms with Gasteiger partial charge in [-0.25, -0.2) is 0 Å². The molecule has 1 rings (SSSR count). The van der Waals surface area contributed by atoms with Gasteiger partial charge in [0.05, 0.1) is 13.2 Å². The molecule has 0 unspecified atom stereocenters. The van der Waals surface area contributed by atoms with Crippen molar-refractivity contribution in [2.75, 3.05) is 26.3 Å². The van der Waals surface area contributed by atoms with E-state index in [1.807, 2.05) is 4.90 Å². The van der Waals surface area contributed by atoms with Crippen LogP contribution in [0.15, 0.2) is 0 Å². The van der Waals surface area contributed by atoms with Gasteiger partial charge in [-0.3, -0.25) is 4.79 Å². The van der Waals surface area contributed by atoms with Crippen LogP contribution in [0.25, 0.3) is 0 Å². The minimum atomic E-state index is -1.27. The molecular formula is C12H21NO2Si. The molecule has 1 amide bonds. The van der Waals surface area contributed by atoms with Crippen LogP contribution in [0.4, 0.5) is 0 Å². The first-order valence-electron chi connectivity index (χ1n) is 5.84. The van der Waals surface area contributed by atoms with Crippen molar-refractivity contribution in [2.24, 2.45) is 0 Å². The van der Waals surface area contributed by atoms with E-state index >= 15 is 0 Å². The Morgan fingerprint density at radius 1 is 1.31 bits per heavy atom. The molecule has 0 spiro atoms. The van der Waals surface area contributed by atoms with Crippen molar-refractivity contribution in [3.8, 4) is 11.5 Å². The van der Waals surface area contributed by atoms with Crippen LogP contribution in [-0.2, 0) is 9.53 Å². The number of ether oxygens (including phenoxy) is 1. The molecule has 16 heavy (non-hydrogen) atoms. The normalized spacial score (nSPS) is 16.6. The molecule has 1 heterocycles. The lowest BCUT2D eigenvalue weighted by molar-refractivity contribution is -0.135. The van der Waals surface area contributed by atoms with Gasteiger partial charge in [0.2, 0.25) is 5.91 Å². The first-order valence-corrected chi connectivity index (χ1v) is 9.34. The lowest BCUT2D eigenvalue weighted by Crippen LogP contribution is -2.40. The van der Waals surface area contributed by atoms with E-state index in [0.29, 0.717) is 26.1 Å². The van der Waals surface area contributed by atoms with Crippen LogP contribution in [0.3, 0.4) is 0 Å². The van der Waals surface area contributed by atoms with Crippen LogP contribution < -0.4 is 0 Å². The summed E-state index contributed by atoms with van der Waals surface area (Å²) in [6.07, 6.45) is 1.25. The van der Waals surface area contributed by atoms with E-state index in [-0.39, 0.29) is 5.91 Å². The number of hydrogen-bond donors (Lipinski definition) is 0. The fraction of sp³-hybridized carbons (Fsp3) is 0.750. The van der Waals surface area contributed by atoms with E-state index in [1.54, 1.807) is 0 Å². The summed E-state index contributed by atoms with van der Waals surface area (Å²) in [7, 11) is -1.27. The van der Waals surface area contributed by atoms with Gasteiger partial charge in [0, 0.05) is 25.9 Å². The maximum atomic E-state index is 11.7. The van der Waals surface area contributed by atoms with Gasteiger partial charge < -0.3 is 9.64 Å². The highest BCUT2D eigenvalue weighted by Gasteiger charge is 2.15. The zero-order valence-corrected chi connectivity index (χ0v) is 11.5. The summed E-state index contributed by atoms with van der Waals surface area (Å²) in [5.41, 5.74) is 3.27. The Hall–Kier alpha value is -0.793. The van der Waals surface area contributed by atoms with Gasteiger partial charge in [-0.05, 0) is 0 Å². The van der Waals surface area contributed by atoms with Crippen molar-refractivity contribution >= 4 is 14.0 Å². The molecule has 4 heteroatoms. The maximum Gasteiger partial charge on any atom is 0.223 e. The Balaban J connectivity index is 2.26. The second-order valence-electron chi connectivity index (χ2n) is 5.04. The summed E-state index contributed by atoms with van der Waals surface area (Å²) in [6.45, 7) is 9.45. The Labute approximate surface area is 99.2 Å². The van der Waals surface area contributed by atoms with E-state index in [9.17, 15) is 4.79 Å². The molecule has 0 aromatic heterocycles. The number of amides is 1. The molecular weight excluding hydrogens is 218 g/mol. The zero-order valence-electron chi connectivity index (χ0n) is 10.5. The number of nitrogens with zero attached hydrogens (tertiary/aromatic N) is 1. The minimum absolute atomic E-state index is 0.216. The molecule has 3 nitrogen and oxygen atoms in total. The Morgan fingerprint density at radius 3 is 2.50 bits per heavy atom. The van der Waals surface area contributed by atoms with Gasteiger partial charge in [-0.1, -0.05) is 19.6 Å². The predicted molar refractivity (Wildman–Crippen MR) is 67.8 cm³/mol. The number of hydrogen-bond acceptors (Lipinski definition) is 2. The SMILES string of the molecule is C[Si](C)(C)C#CCCC(=O)N1CCOCC1. The third-order valence-corrected chi connectivity index (χ3v) is 3.22. The number of carbonyl (C=O) groups excluding carboxylic acids is 1. The first kappa shape index (κ1) is 13.3. The van der Waals surface area contributed by atoms with Gasteiger partial charge in [0.25, 0.3) is 0 Å². The van der Waals surface area contributed by atoms with Crippen molar-refractivity contribution in [1.82, 2.24) is 4.90 Å². The van der Waals surface area contributed by atoms with Crippen LogP contribution in [-0.4, -0.2) is 45.2 Å². The van der Waals surface area contributed by atoms with Crippen LogP contribution in [0.5, 0.6) is 0 Å². The lowest BCUT2D eigenvalue weighted by Gasteiger charge is -2.26. The molecule has 0 aliphatic carbocycles. The quantitative estimate of drug-likeness (QED) is 0.540. The highest BCUT2D eigenvalue weighted by atomic mass is 28.3. The largest absolute Gasteiger partial charge is 0.378 e. The number of morpholine rings is 1. The Morgan fingerprint density at radius 2 is 1.94 bits per heavy atom. The molecule has 0 aromatic carbocycles. The van der Waals surface area contributed by atoms with Gasteiger partial charge >= 0.3 is 0 Å². The summed E-state index contributed by atoms with van der Waals surface area (Å²) < 4.78 is 5.20. The summed E-state index contributed by atoms with van der Waals surface area (Å²) in [5.74, 6) is 3.34. The molecule has 0 atom stereocenters. The molecule has 0 radical (unpaired) electrons. The zero-order chi connectivity index (χ0) is 12.0. The van der Waals surface area contributed by atoms with Crippen LogP contribution in [0, 0.1) is 11.5 Å². The molecule has 0 bridgehead atoms. The number of rotatable bonds is 2. The van der Waals surface area contributed by atoms with Gasteiger partial charge in [0.15, 0.2) is 0 Å². The maximum absolute atomic E-state index is 11.7. The van der Waals surface area contributed by atoms with E-state index in [4.69, 9.17) is 4.74 Å². The average molecular weight is 239 g/mol. The Bertz CT molecular complexity index is 292. The number of carbonyl (C=O) groups is 1. The molecule has 1 aliphatic rings. The highest BCUT2D eigenvalue weighted by molar-refractivity contribution is 6.83. The average Bonchev–Trinajstić information content (AvgIpc) is 2.24. The predicted octanol–water partition coefficient (Wildman–Crippen LogP) is 1.51. The van der Waals surface area contributed by atoms with Crippen molar-refractivity contribution < 1.29 is 9.53 Å². The van der Waals surface area contributed by atoms with Gasteiger partial charge in [0.1, 0.15) is 8.07 Å². The smallest absolute Gasteiger partial charge is 0.223 e. The van der Waals surface area contributed by atoms with E-state index in [1.165, 1.54) is 0 Å². The fourth-order valence-corrected chi connectivity index (χ4v) is 2.12. The van der Waals surface area contributed by atoms with Crippen molar-refractivity contribution in [2.45, 2.75) is 32.5 Å². The van der Waals surface area contributed by atoms with Gasteiger partial charge in [-0.15, -0.1) is 11.5 Å². The minimum Gasteiger partial charge on any atom is -0.378 e. The first-order chi connectivity index (χ1) is 7.49. The van der Waals surface area contributed by atoms with Crippen LogP contribution in [0.1, 0.15) is 12.8 Å². The third kappa shape index (κ3) is 5.33. The van der Waals surface area contributed by atoms with E-state index < -0.39 is 8.07 Å². The summed E-state index contributed by atoms with van der Waals surface area (Å²) >= 11 is 0. The van der Waals surface area contributed by atoms with E-state index in [0.717, 1.165) is 13.1 Å². The Kier molecular flexibility index (Phi) is 5.03. The molecule has 1 fully saturated rings. The summed E-state index contributed by atoms with van der Waals surface area (Å²) in [6, 6.07) is 0. The molecule has 0 aromatic rings. The molecule has 1 saturated heterocycles. The second kappa shape index (κ2) is 6.07. The molecule has 0 saturated carbocycles. The standard InChI is InChI=1S/C12H21NO2Si/c1-16(2,3)11-5-4-6-12(14)13-7-9-15-10-8-13/h4,6-10H2,1-3H3. The lowest BCUT2D eigenvalue weighted by atomic mass is 10.2. The summed E-state index contributed by atoms with van der Waals surface area (Å²) in [5, 5.41) is 0. The van der Waals surface area contributed by atoms with Crippen molar-refractivity contribution in [1.29, 1.82) is 0 Å². The van der Waals surface area contributed by atoms with Crippen LogP contribution in [0.2, 0.25) is 19.6 Å². The van der Waals surface area contributed by atoms with E-state index in [2.05, 4.69) is 31.1 Å². The monoisotopic (exact) mass is 239 g/mol. The summed E-state index contributed by atoms with van der Waals surface area (Å²) in [4.78, 5) is 13.6. The fourth-order valence-electron chi connectivity index (χ4n) is 1.47.